The lowest BCUT2D eigenvalue weighted by Crippen LogP contribution is -2.39. The smallest absolute Gasteiger partial charge is 0.193 e. The van der Waals surface area contributed by atoms with Crippen molar-refractivity contribution in [3.8, 4) is 23.0 Å². The average molecular weight is 402 g/mol. The van der Waals surface area contributed by atoms with E-state index in [2.05, 4.69) is 0 Å². The summed E-state index contributed by atoms with van der Waals surface area (Å²) in [5, 5.41) is 40.6. The molecule has 1 atom stereocenters. The Morgan fingerprint density at radius 2 is 1.76 bits per heavy atom. The number of hydrogen-bond donors (Lipinski definition) is 4. The zero-order valence-corrected chi connectivity index (χ0v) is 16.8. The van der Waals surface area contributed by atoms with E-state index in [1.807, 2.05) is 0 Å². The van der Waals surface area contributed by atoms with Crippen LogP contribution >= 0.6 is 0 Å². The van der Waals surface area contributed by atoms with Gasteiger partial charge in [-0.2, -0.15) is 0 Å². The van der Waals surface area contributed by atoms with E-state index < -0.39 is 23.2 Å². The summed E-state index contributed by atoms with van der Waals surface area (Å²) in [5.74, 6) is -1.12. The molecule has 0 heterocycles. The van der Waals surface area contributed by atoms with Gasteiger partial charge in [0.15, 0.2) is 5.78 Å². The van der Waals surface area contributed by atoms with Crippen LogP contribution in [0.25, 0.3) is 6.08 Å². The molecule has 2 rings (SSSR count). The third kappa shape index (κ3) is 5.28. The fourth-order valence-electron chi connectivity index (χ4n) is 2.92. The molecule has 0 aliphatic heterocycles. The van der Waals surface area contributed by atoms with Crippen molar-refractivity contribution in [2.45, 2.75) is 32.0 Å². The number of allylic oxidation sites excluding steroid dienone is 1. The minimum atomic E-state index is -1.24. The van der Waals surface area contributed by atoms with Gasteiger partial charge in [-0.3, -0.25) is 4.79 Å². The van der Waals surface area contributed by atoms with Crippen LogP contribution in [0.2, 0.25) is 0 Å². The quantitative estimate of drug-likeness (QED) is 0.396. The maximum atomic E-state index is 12.8. The molecule has 0 saturated carbocycles. The molecule has 156 valence electrons. The number of ether oxygens (including phenoxy) is 2. The molecule has 2 aromatic carbocycles. The Kier molecular flexibility index (Phi) is 6.89. The van der Waals surface area contributed by atoms with Crippen molar-refractivity contribution in [3.05, 3.63) is 53.1 Å². The predicted octanol–water partition coefficient (Wildman–Crippen LogP) is 3.04. The van der Waals surface area contributed by atoms with Gasteiger partial charge in [0.25, 0.3) is 0 Å². The highest BCUT2D eigenvalue weighted by Crippen LogP contribution is 2.40. The summed E-state index contributed by atoms with van der Waals surface area (Å²) in [4.78, 5) is 12.8. The van der Waals surface area contributed by atoms with Crippen LogP contribution in [0.5, 0.6) is 23.0 Å². The summed E-state index contributed by atoms with van der Waals surface area (Å²) in [5.41, 5.74) is -0.603. The van der Waals surface area contributed by atoms with Crippen LogP contribution in [-0.2, 0) is 11.2 Å². The fourth-order valence-corrected chi connectivity index (χ4v) is 2.92. The molecular formula is C22H26O7. The van der Waals surface area contributed by atoms with Crippen molar-refractivity contribution < 1.29 is 34.7 Å². The highest BCUT2D eigenvalue weighted by molar-refractivity contribution is 6.11. The summed E-state index contributed by atoms with van der Waals surface area (Å²) < 4.78 is 10.4. The van der Waals surface area contributed by atoms with E-state index >= 15 is 0 Å². The van der Waals surface area contributed by atoms with Gasteiger partial charge in [0.1, 0.15) is 28.6 Å². The molecule has 0 fully saturated rings. The number of phenolic OH excluding ortho intramolecular Hbond substituents is 3. The number of aromatic hydroxyl groups is 3. The SMILES string of the molecule is COc1cc(O)c(CC(OC)C(C)(C)O)c(O)c1C(=O)/C=C/c1ccc(O)cc1. The van der Waals surface area contributed by atoms with Gasteiger partial charge < -0.3 is 29.9 Å². The maximum absolute atomic E-state index is 12.8. The van der Waals surface area contributed by atoms with Crippen molar-refractivity contribution in [1.82, 2.24) is 0 Å². The molecule has 0 amide bonds. The molecule has 0 aromatic heterocycles. The molecule has 2 aromatic rings. The first-order valence-corrected chi connectivity index (χ1v) is 8.96. The number of hydrogen-bond acceptors (Lipinski definition) is 7. The van der Waals surface area contributed by atoms with E-state index in [9.17, 15) is 25.2 Å². The van der Waals surface area contributed by atoms with Crippen LogP contribution in [-0.4, -0.2) is 52.1 Å². The number of carbonyl (C=O) groups is 1. The second-order valence-corrected chi connectivity index (χ2v) is 7.17. The second kappa shape index (κ2) is 8.98. The van der Waals surface area contributed by atoms with Gasteiger partial charge >= 0.3 is 0 Å². The van der Waals surface area contributed by atoms with Gasteiger partial charge in [-0.1, -0.05) is 18.2 Å². The van der Waals surface area contributed by atoms with Gasteiger partial charge in [-0.05, 0) is 37.6 Å². The number of benzene rings is 2. The summed E-state index contributed by atoms with van der Waals surface area (Å²) in [6.07, 6.45) is 2.03. The van der Waals surface area contributed by atoms with Gasteiger partial charge in [-0.25, -0.2) is 0 Å². The molecule has 7 nitrogen and oxygen atoms in total. The van der Waals surface area contributed by atoms with Crippen molar-refractivity contribution in [2.24, 2.45) is 0 Å². The first-order chi connectivity index (χ1) is 13.6. The van der Waals surface area contributed by atoms with E-state index in [4.69, 9.17) is 9.47 Å². The highest BCUT2D eigenvalue weighted by atomic mass is 16.5. The lowest BCUT2D eigenvalue weighted by atomic mass is 9.92. The van der Waals surface area contributed by atoms with Crippen molar-refractivity contribution in [1.29, 1.82) is 0 Å². The lowest BCUT2D eigenvalue weighted by molar-refractivity contribution is -0.0692. The van der Waals surface area contributed by atoms with Crippen LogP contribution in [0.1, 0.15) is 35.3 Å². The normalized spacial score (nSPS) is 12.9. The molecule has 0 spiro atoms. The average Bonchev–Trinajstić information content (AvgIpc) is 2.65. The summed E-state index contributed by atoms with van der Waals surface area (Å²) in [7, 11) is 2.73. The first-order valence-electron chi connectivity index (χ1n) is 8.96. The molecule has 1 unspecified atom stereocenters. The molecule has 0 saturated heterocycles. The zero-order valence-electron chi connectivity index (χ0n) is 16.8. The number of aliphatic hydroxyl groups is 1. The molecule has 0 radical (unpaired) electrons. The van der Waals surface area contributed by atoms with Gasteiger partial charge in [0.05, 0.1) is 18.8 Å². The Hall–Kier alpha value is -3.03. The van der Waals surface area contributed by atoms with Crippen LogP contribution < -0.4 is 4.74 Å². The van der Waals surface area contributed by atoms with Gasteiger partial charge in [0.2, 0.25) is 0 Å². The Balaban J connectivity index is 2.44. The van der Waals surface area contributed by atoms with E-state index in [-0.39, 0.29) is 34.8 Å². The van der Waals surface area contributed by atoms with Gasteiger partial charge in [-0.15, -0.1) is 0 Å². The highest BCUT2D eigenvalue weighted by Gasteiger charge is 2.31. The minimum absolute atomic E-state index is 0.0151. The van der Waals surface area contributed by atoms with Crippen LogP contribution in [0.15, 0.2) is 36.4 Å². The van der Waals surface area contributed by atoms with E-state index in [0.29, 0.717) is 5.56 Å². The third-order valence-electron chi connectivity index (χ3n) is 4.59. The second-order valence-electron chi connectivity index (χ2n) is 7.17. The van der Waals surface area contributed by atoms with E-state index in [1.165, 1.54) is 44.6 Å². The van der Waals surface area contributed by atoms with Gasteiger partial charge in [0, 0.05) is 25.2 Å². The molecule has 7 heteroatoms. The molecule has 0 bridgehead atoms. The number of carbonyl (C=O) groups excluding carboxylic acids is 1. The number of ketones is 1. The summed E-state index contributed by atoms with van der Waals surface area (Å²) >= 11 is 0. The largest absolute Gasteiger partial charge is 0.508 e. The Morgan fingerprint density at radius 3 is 2.28 bits per heavy atom. The molecule has 0 aliphatic rings. The first kappa shape index (κ1) is 22.3. The minimum Gasteiger partial charge on any atom is -0.508 e. The molecule has 29 heavy (non-hydrogen) atoms. The van der Waals surface area contributed by atoms with Crippen LogP contribution in [0, 0.1) is 0 Å². The molecule has 0 aliphatic carbocycles. The zero-order chi connectivity index (χ0) is 21.8. The number of rotatable bonds is 8. The van der Waals surface area contributed by atoms with Crippen molar-refractivity contribution in [2.75, 3.05) is 14.2 Å². The summed E-state index contributed by atoms with van der Waals surface area (Å²) in [6, 6.07) is 7.48. The van der Waals surface area contributed by atoms with Crippen molar-refractivity contribution in [3.63, 3.8) is 0 Å². The predicted molar refractivity (Wildman–Crippen MR) is 109 cm³/mol. The lowest BCUT2D eigenvalue weighted by Gasteiger charge is -2.28. The Bertz CT molecular complexity index is 893. The number of phenols is 3. The molecular weight excluding hydrogens is 376 g/mol. The van der Waals surface area contributed by atoms with E-state index in [1.54, 1.807) is 26.0 Å². The molecule has 4 N–H and O–H groups in total. The Labute approximate surface area is 169 Å². The topological polar surface area (TPSA) is 116 Å². The summed E-state index contributed by atoms with van der Waals surface area (Å²) in [6.45, 7) is 3.09. The monoisotopic (exact) mass is 402 g/mol. The fraction of sp³-hybridized carbons (Fsp3) is 0.318. The maximum Gasteiger partial charge on any atom is 0.193 e. The van der Waals surface area contributed by atoms with Crippen LogP contribution in [0.3, 0.4) is 0 Å². The van der Waals surface area contributed by atoms with E-state index in [0.717, 1.165) is 0 Å². The third-order valence-corrected chi connectivity index (χ3v) is 4.59. The Morgan fingerprint density at radius 1 is 1.14 bits per heavy atom. The van der Waals surface area contributed by atoms with Crippen molar-refractivity contribution >= 4 is 11.9 Å². The number of methoxy groups -OCH3 is 2. The standard InChI is InChI=1S/C22H26O7/c1-22(2,27)19(29-4)11-15-17(25)12-18(28-3)20(21(15)26)16(24)10-7-13-5-8-14(23)9-6-13/h5-10,12,19,23,25-27H,11H2,1-4H3/b10-7+. The van der Waals surface area contributed by atoms with Crippen LogP contribution in [0.4, 0.5) is 0 Å².